The van der Waals surface area contributed by atoms with Crippen LogP contribution in [0.15, 0.2) is 67.1 Å². The molecule has 3 heterocycles. The second-order valence-electron chi connectivity index (χ2n) is 8.72. The number of fused-ring (bicyclic) bond motifs is 1. The molecule has 194 valence electrons. The third-order valence-corrected chi connectivity index (χ3v) is 6.85. The number of nitrogens with zero attached hydrogens (tertiary/aromatic N) is 5. The van der Waals surface area contributed by atoms with Crippen molar-refractivity contribution in [3.8, 4) is 17.3 Å². The van der Waals surface area contributed by atoms with Crippen molar-refractivity contribution >= 4 is 33.2 Å². The van der Waals surface area contributed by atoms with Gasteiger partial charge in [0.15, 0.2) is 5.82 Å². The molecule has 2 N–H and O–H groups in total. The van der Waals surface area contributed by atoms with Gasteiger partial charge >= 0.3 is 0 Å². The highest BCUT2D eigenvalue weighted by molar-refractivity contribution is 7.84. The van der Waals surface area contributed by atoms with Gasteiger partial charge in [-0.3, -0.25) is 13.9 Å². The maximum atomic E-state index is 14.5. The zero-order valence-electron chi connectivity index (χ0n) is 20.4. The summed E-state index contributed by atoms with van der Waals surface area (Å²) in [6.07, 6.45) is 8.06. The van der Waals surface area contributed by atoms with Crippen LogP contribution in [0.5, 0.6) is 5.75 Å². The van der Waals surface area contributed by atoms with Crippen LogP contribution in [0.2, 0.25) is 0 Å². The summed E-state index contributed by atoms with van der Waals surface area (Å²) < 4.78 is 42.0. The molecule has 0 spiro atoms. The molecule has 5 aromatic rings. The van der Waals surface area contributed by atoms with Gasteiger partial charge in [-0.1, -0.05) is 18.2 Å². The molecule has 2 aromatic carbocycles. The van der Waals surface area contributed by atoms with E-state index in [1.54, 1.807) is 30.9 Å². The van der Waals surface area contributed by atoms with Crippen LogP contribution < -0.4 is 5.32 Å². The number of halogens is 2. The number of hydrogen-bond donors (Lipinski definition) is 2. The van der Waals surface area contributed by atoms with Gasteiger partial charge in [0.05, 0.1) is 12.1 Å². The summed E-state index contributed by atoms with van der Waals surface area (Å²) in [6, 6.07) is 12.7. The van der Waals surface area contributed by atoms with Gasteiger partial charge in [0.2, 0.25) is 0 Å². The van der Waals surface area contributed by atoms with Gasteiger partial charge in [-0.15, -0.1) is 0 Å². The molecule has 0 saturated carbocycles. The summed E-state index contributed by atoms with van der Waals surface area (Å²) in [5.41, 5.74) is 2.54. The van der Waals surface area contributed by atoms with Gasteiger partial charge in [0.1, 0.15) is 28.9 Å². The Bertz CT molecular complexity index is 1600. The minimum absolute atomic E-state index is 0.188. The molecule has 11 heteroatoms. The lowest BCUT2D eigenvalue weighted by Gasteiger charge is -2.12. The number of pyridine rings is 1. The van der Waals surface area contributed by atoms with Crippen molar-refractivity contribution in [3.05, 3.63) is 89.9 Å². The predicted molar refractivity (Wildman–Crippen MR) is 143 cm³/mol. The van der Waals surface area contributed by atoms with E-state index in [-0.39, 0.29) is 12.1 Å². The van der Waals surface area contributed by atoms with Gasteiger partial charge < -0.3 is 10.4 Å². The number of anilines is 2. The zero-order chi connectivity index (χ0) is 26.6. The number of rotatable bonds is 9. The summed E-state index contributed by atoms with van der Waals surface area (Å²) in [6.45, 7) is -0.188. The highest BCUT2D eigenvalue weighted by Gasteiger charge is 2.19. The molecule has 1 atom stereocenters. The first-order chi connectivity index (χ1) is 18.4. The number of phenols is 1. The minimum Gasteiger partial charge on any atom is -0.508 e. The van der Waals surface area contributed by atoms with E-state index in [1.807, 2.05) is 30.3 Å². The van der Waals surface area contributed by atoms with Crippen LogP contribution in [0.1, 0.15) is 17.5 Å². The van der Waals surface area contributed by atoms with Gasteiger partial charge in [-0.25, -0.2) is 18.7 Å². The van der Waals surface area contributed by atoms with Crippen molar-refractivity contribution in [2.45, 2.75) is 19.4 Å². The predicted octanol–water partition coefficient (Wildman–Crippen LogP) is 4.98. The standard InChI is InChI=1S/C27H24F2N6O2S/c1-38(37)12-4-5-17-15-31-27(33-26(17)32-18-8-10-30-11-9-18)25-20-6-2-3-7-24(20)35(34-25)16-21-22(28)13-19(36)14-23(21)29/h2-3,6-11,13-15,36H,4-5,12,16H2,1H3,(H,30,31,32,33). The Hall–Kier alpha value is -4.25. The van der Waals surface area contributed by atoms with Crippen molar-refractivity contribution in [3.63, 3.8) is 0 Å². The highest BCUT2D eigenvalue weighted by atomic mass is 32.2. The molecule has 0 aliphatic carbocycles. The Labute approximate surface area is 219 Å². The van der Waals surface area contributed by atoms with E-state index in [4.69, 9.17) is 4.98 Å². The topological polar surface area (TPSA) is 106 Å². The Morgan fingerprint density at radius 1 is 1.08 bits per heavy atom. The lowest BCUT2D eigenvalue weighted by atomic mass is 10.1. The molecule has 0 saturated heterocycles. The van der Waals surface area contributed by atoms with Gasteiger partial charge in [-0.05, 0) is 31.0 Å². The largest absolute Gasteiger partial charge is 0.508 e. The number of nitrogens with one attached hydrogen (secondary N) is 1. The first kappa shape index (κ1) is 25.4. The number of benzene rings is 2. The van der Waals surface area contributed by atoms with Crippen LogP contribution in [-0.2, 0) is 23.8 Å². The van der Waals surface area contributed by atoms with Crippen LogP contribution in [-0.4, -0.2) is 46.1 Å². The second kappa shape index (κ2) is 11.0. The average Bonchev–Trinajstić information content (AvgIpc) is 3.26. The monoisotopic (exact) mass is 534 g/mol. The van der Waals surface area contributed by atoms with Gasteiger partial charge in [0, 0.05) is 75.7 Å². The molecule has 0 aliphatic heterocycles. The maximum absolute atomic E-state index is 14.5. The van der Waals surface area contributed by atoms with Crippen molar-refractivity contribution in [1.29, 1.82) is 0 Å². The fourth-order valence-corrected chi connectivity index (χ4v) is 4.70. The molecule has 5 rings (SSSR count). The Morgan fingerprint density at radius 2 is 1.82 bits per heavy atom. The average molecular weight is 535 g/mol. The van der Waals surface area contributed by atoms with E-state index >= 15 is 0 Å². The molecule has 0 bridgehead atoms. The molecule has 0 amide bonds. The van der Waals surface area contributed by atoms with Gasteiger partial charge in [-0.2, -0.15) is 5.10 Å². The summed E-state index contributed by atoms with van der Waals surface area (Å²) in [4.78, 5) is 13.4. The minimum atomic E-state index is -0.902. The summed E-state index contributed by atoms with van der Waals surface area (Å²) in [5, 5.41) is 18.2. The van der Waals surface area contributed by atoms with E-state index in [0.29, 0.717) is 41.4 Å². The van der Waals surface area contributed by atoms with Gasteiger partial charge in [0.25, 0.3) is 0 Å². The maximum Gasteiger partial charge on any atom is 0.182 e. The SMILES string of the molecule is CS(=O)CCCc1cnc(-c2nn(Cc3c(F)cc(O)cc3F)c3ccccc23)nc1Nc1ccncc1. The molecule has 0 radical (unpaired) electrons. The Balaban J connectivity index is 1.56. The molecular formula is C27H24F2N6O2S. The number of hydrogen-bond acceptors (Lipinski definition) is 7. The van der Waals surface area contributed by atoms with Crippen LogP contribution in [0.3, 0.4) is 0 Å². The normalized spacial score (nSPS) is 12.1. The van der Waals surface area contributed by atoms with E-state index in [2.05, 4.69) is 20.4 Å². The number of aryl methyl sites for hydroxylation is 1. The van der Waals surface area contributed by atoms with E-state index in [0.717, 1.165) is 28.8 Å². The summed E-state index contributed by atoms with van der Waals surface area (Å²) in [5.74, 6) is -0.719. The fourth-order valence-electron chi connectivity index (χ4n) is 4.15. The van der Waals surface area contributed by atoms with Crippen LogP contribution in [0.25, 0.3) is 22.4 Å². The Morgan fingerprint density at radius 3 is 2.55 bits per heavy atom. The molecule has 8 nitrogen and oxygen atoms in total. The lowest BCUT2D eigenvalue weighted by Crippen LogP contribution is -2.07. The van der Waals surface area contributed by atoms with E-state index in [1.165, 1.54) is 4.68 Å². The number of para-hydroxylation sites is 1. The van der Waals surface area contributed by atoms with E-state index in [9.17, 15) is 18.1 Å². The first-order valence-electron chi connectivity index (χ1n) is 11.8. The number of aromatic hydroxyl groups is 1. The Kier molecular flexibility index (Phi) is 7.36. The molecule has 38 heavy (non-hydrogen) atoms. The first-order valence-corrected chi connectivity index (χ1v) is 13.6. The third kappa shape index (κ3) is 5.52. The number of aromatic nitrogens is 5. The molecule has 0 fully saturated rings. The van der Waals surface area contributed by atoms with Crippen LogP contribution in [0, 0.1) is 11.6 Å². The van der Waals surface area contributed by atoms with E-state index < -0.39 is 28.2 Å². The van der Waals surface area contributed by atoms with Crippen LogP contribution in [0.4, 0.5) is 20.3 Å². The van der Waals surface area contributed by atoms with Crippen molar-refractivity contribution < 1.29 is 18.1 Å². The second-order valence-corrected chi connectivity index (χ2v) is 10.3. The van der Waals surface area contributed by atoms with Crippen molar-refractivity contribution in [1.82, 2.24) is 24.7 Å². The molecule has 3 aromatic heterocycles. The third-order valence-electron chi connectivity index (χ3n) is 5.99. The number of phenolic OH excluding ortho intramolecular Hbond substituents is 1. The summed E-state index contributed by atoms with van der Waals surface area (Å²) >= 11 is 0. The lowest BCUT2D eigenvalue weighted by molar-refractivity contribution is 0.454. The summed E-state index contributed by atoms with van der Waals surface area (Å²) in [7, 11) is -0.902. The quantitative estimate of drug-likeness (QED) is 0.275. The van der Waals surface area contributed by atoms with Crippen LogP contribution >= 0.6 is 0 Å². The smallest absolute Gasteiger partial charge is 0.182 e. The highest BCUT2D eigenvalue weighted by Crippen LogP contribution is 2.30. The molecule has 1 unspecified atom stereocenters. The van der Waals surface area contributed by atoms with Crippen molar-refractivity contribution in [2.75, 3.05) is 17.3 Å². The van der Waals surface area contributed by atoms with Crippen molar-refractivity contribution in [2.24, 2.45) is 0 Å². The molecular weight excluding hydrogens is 510 g/mol. The fraction of sp³-hybridized carbons (Fsp3) is 0.185. The molecule has 0 aliphatic rings. The zero-order valence-corrected chi connectivity index (χ0v) is 21.3.